The van der Waals surface area contributed by atoms with Gasteiger partial charge < -0.3 is 9.84 Å². The first kappa shape index (κ1) is 10.6. The van der Waals surface area contributed by atoms with Crippen molar-refractivity contribution in [3.05, 3.63) is 33.6 Å². The van der Waals surface area contributed by atoms with Crippen molar-refractivity contribution < 1.29 is 9.84 Å². The molecule has 1 aromatic carbocycles. The predicted octanol–water partition coefficient (Wildman–Crippen LogP) is 1.74. The van der Waals surface area contributed by atoms with Gasteiger partial charge in [-0.15, -0.1) is 0 Å². The van der Waals surface area contributed by atoms with Gasteiger partial charge in [-0.25, -0.2) is 0 Å². The number of methoxy groups -OCH3 is 1. The van der Waals surface area contributed by atoms with Crippen LogP contribution < -0.4 is 10.3 Å². The summed E-state index contributed by atoms with van der Waals surface area (Å²) in [6, 6.07) is 4.82. The molecule has 2 rings (SSSR count). The molecule has 0 radical (unpaired) electrons. The normalized spacial score (nSPS) is 10.4. The number of hydrogen-bond donors (Lipinski definition) is 3. The van der Waals surface area contributed by atoms with Crippen LogP contribution in [0.5, 0.6) is 11.6 Å². The summed E-state index contributed by atoms with van der Waals surface area (Å²) in [4.78, 5) is 11.4. The molecule has 5 nitrogen and oxygen atoms in total. The highest BCUT2D eigenvalue weighted by molar-refractivity contribution is 6.32. The molecule has 0 atom stereocenters. The minimum absolute atomic E-state index is 0.157. The van der Waals surface area contributed by atoms with Gasteiger partial charge in [0.2, 0.25) is 5.88 Å². The maximum Gasteiger partial charge on any atom is 0.275 e. The average molecular weight is 241 g/mol. The van der Waals surface area contributed by atoms with Crippen LogP contribution in [0.15, 0.2) is 23.0 Å². The monoisotopic (exact) mass is 240 g/mol. The molecule has 0 amide bonds. The van der Waals surface area contributed by atoms with Gasteiger partial charge >= 0.3 is 0 Å². The summed E-state index contributed by atoms with van der Waals surface area (Å²) < 4.78 is 4.99. The first-order valence-corrected chi connectivity index (χ1v) is 4.85. The number of aromatic nitrogens is 2. The molecule has 0 aliphatic heterocycles. The highest BCUT2D eigenvalue weighted by Gasteiger charge is 2.12. The van der Waals surface area contributed by atoms with Gasteiger partial charge in [-0.3, -0.25) is 15.0 Å². The van der Waals surface area contributed by atoms with Crippen molar-refractivity contribution in [1.29, 1.82) is 0 Å². The van der Waals surface area contributed by atoms with Crippen molar-refractivity contribution in [3.63, 3.8) is 0 Å². The Hall–Kier alpha value is -1.88. The summed E-state index contributed by atoms with van der Waals surface area (Å²) >= 11 is 5.92. The maximum absolute atomic E-state index is 11.4. The Morgan fingerprint density at radius 2 is 2.12 bits per heavy atom. The predicted molar refractivity (Wildman–Crippen MR) is 60.1 cm³/mol. The number of hydrogen-bond acceptors (Lipinski definition) is 3. The molecule has 0 saturated carbocycles. The Morgan fingerprint density at radius 1 is 1.38 bits per heavy atom. The molecule has 0 bridgehead atoms. The van der Waals surface area contributed by atoms with Crippen LogP contribution in [0.4, 0.5) is 0 Å². The van der Waals surface area contributed by atoms with E-state index in [0.29, 0.717) is 16.3 Å². The van der Waals surface area contributed by atoms with Crippen LogP contribution in [0.2, 0.25) is 5.02 Å². The zero-order chi connectivity index (χ0) is 11.7. The zero-order valence-electron chi connectivity index (χ0n) is 8.37. The topological polar surface area (TPSA) is 78.1 Å². The van der Waals surface area contributed by atoms with Gasteiger partial charge in [0.15, 0.2) is 0 Å². The quantitative estimate of drug-likeness (QED) is 0.748. The summed E-state index contributed by atoms with van der Waals surface area (Å²) in [6.07, 6.45) is 0. The summed E-state index contributed by atoms with van der Waals surface area (Å²) in [5, 5.41) is 14.4. The lowest BCUT2D eigenvalue weighted by atomic mass is 10.1. The third-order valence-electron chi connectivity index (χ3n) is 2.20. The smallest absolute Gasteiger partial charge is 0.275 e. The standard InChI is InChI=1S/C10H9ClN2O3/c1-16-7-3-2-5(4-6(7)11)8-9(14)12-13-10(8)15/h2-4H,1H3,(H3,12,13,14,15). The second-order valence-electron chi connectivity index (χ2n) is 3.15. The molecule has 0 fully saturated rings. The minimum atomic E-state index is -0.404. The van der Waals surface area contributed by atoms with Crippen molar-refractivity contribution in [2.75, 3.05) is 7.11 Å². The van der Waals surface area contributed by atoms with E-state index in [9.17, 15) is 9.90 Å². The summed E-state index contributed by atoms with van der Waals surface area (Å²) in [5.74, 6) is 0.295. The molecular weight excluding hydrogens is 232 g/mol. The van der Waals surface area contributed by atoms with Crippen LogP contribution >= 0.6 is 11.6 Å². The first-order chi connectivity index (χ1) is 7.63. The third-order valence-corrected chi connectivity index (χ3v) is 2.49. The molecule has 1 heterocycles. The highest BCUT2D eigenvalue weighted by Crippen LogP contribution is 2.31. The lowest BCUT2D eigenvalue weighted by Gasteiger charge is -2.04. The van der Waals surface area contributed by atoms with Crippen molar-refractivity contribution in [2.45, 2.75) is 0 Å². The molecule has 84 valence electrons. The Kier molecular flexibility index (Phi) is 2.62. The van der Waals surface area contributed by atoms with E-state index in [-0.39, 0.29) is 11.4 Å². The second kappa shape index (κ2) is 3.94. The number of nitrogens with one attached hydrogen (secondary N) is 2. The minimum Gasteiger partial charge on any atom is -0.495 e. The van der Waals surface area contributed by atoms with Gasteiger partial charge in [0.25, 0.3) is 5.56 Å². The average Bonchev–Trinajstić information content (AvgIpc) is 2.58. The van der Waals surface area contributed by atoms with E-state index in [1.165, 1.54) is 7.11 Å². The summed E-state index contributed by atoms with van der Waals surface area (Å²) in [6.45, 7) is 0. The van der Waals surface area contributed by atoms with E-state index in [4.69, 9.17) is 16.3 Å². The molecule has 1 aromatic heterocycles. The Labute approximate surface area is 95.6 Å². The molecule has 0 aliphatic carbocycles. The largest absolute Gasteiger partial charge is 0.495 e. The molecule has 16 heavy (non-hydrogen) atoms. The Balaban J connectivity index is 2.58. The number of H-pyrrole nitrogens is 2. The zero-order valence-corrected chi connectivity index (χ0v) is 9.13. The maximum atomic E-state index is 11.4. The van der Waals surface area contributed by atoms with Gasteiger partial charge in [0, 0.05) is 0 Å². The fourth-order valence-electron chi connectivity index (χ4n) is 1.44. The summed E-state index contributed by atoms with van der Waals surface area (Å²) in [7, 11) is 1.50. The van der Waals surface area contributed by atoms with Crippen LogP contribution in [0.25, 0.3) is 11.1 Å². The fraction of sp³-hybridized carbons (Fsp3) is 0.100. The molecule has 3 N–H and O–H groups in total. The number of halogens is 1. The number of aromatic hydroxyl groups is 1. The highest BCUT2D eigenvalue weighted by atomic mass is 35.5. The van der Waals surface area contributed by atoms with Crippen LogP contribution in [-0.4, -0.2) is 22.4 Å². The van der Waals surface area contributed by atoms with Gasteiger partial charge in [0.05, 0.1) is 12.1 Å². The molecule has 0 aliphatic rings. The Bertz CT molecular complexity index is 574. The number of benzene rings is 1. The fourth-order valence-corrected chi connectivity index (χ4v) is 1.70. The van der Waals surface area contributed by atoms with Gasteiger partial charge in [-0.05, 0) is 17.7 Å². The van der Waals surface area contributed by atoms with E-state index in [0.717, 1.165) is 0 Å². The van der Waals surface area contributed by atoms with Crippen LogP contribution in [0, 0.1) is 0 Å². The lowest BCUT2D eigenvalue weighted by Crippen LogP contribution is -2.01. The van der Waals surface area contributed by atoms with Crippen molar-refractivity contribution in [2.24, 2.45) is 0 Å². The molecule has 0 spiro atoms. The number of rotatable bonds is 2. The molecule has 0 saturated heterocycles. The number of ether oxygens (including phenoxy) is 1. The third kappa shape index (κ3) is 1.65. The van der Waals surface area contributed by atoms with Crippen molar-refractivity contribution in [3.8, 4) is 22.8 Å². The molecule has 0 unspecified atom stereocenters. The first-order valence-electron chi connectivity index (χ1n) is 4.47. The van der Waals surface area contributed by atoms with E-state index >= 15 is 0 Å². The molecular formula is C10H9ClN2O3. The van der Waals surface area contributed by atoms with Crippen molar-refractivity contribution >= 4 is 11.6 Å². The van der Waals surface area contributed by atoms with E-state index < -0.39 is 5.56 Å². The second-order valence-corrected chi connectivity index (χ2v) is 3.56. The molecule has 2 aromatic rings. The van der Waals surface area contributed by atoms with E-state index in [1.54, 1.807) is 18.2 Å². The Morgan fingerprint density at radius 3 is 2.62 bits per heavy atom. The summed E-state index contributed by atoms with van der Waals surface area (Å²) in [5.41, 5.74) is 0.272. The van der Waals surface area contributed by atoms with Gasteiger partial charge in [-0.2, -0.15) is 0 Å². The lowest BCUT2D eigenvalue weighted by molar-refractivity contribution is 0.415. The molecule has 6 heteroatoms. The van der Waals surface area contributed by atoms with Crippen LogP contribution in [0.3, 0.4) is 0 Å². The van der Waals surface area contributed by atoms with Crippen molar-refractivity contribution in [1.82, 2.24) is 10.2 Å². The van der Waals surface area contributed by atoms with E-state index in [2.05, 4.69) is 10.2 Å². The van der Waals surface area contributed by atoms with Crippen LogP contribution in [0.1, 0.15) is 0 Å². The van der Waals surface area contributed by atoms with E-state index in [1.807, 2.05) is 0 Å². The SMILES string of the molecule is COc1ccc(-c2c(O)[nH][nH]c2=O)cc1Cl. The van der Waals surface area contributed by atoms with Crippen LogP contribution in [-0.2, 0) is 0 Å². The van der Waals surface area contributed by atoms with Gasteiger partial charge in [-0.1, -0.05) is 17.7 Å². The number of aromatic amines is 2. The van der Waals surface area contributed by atoms with Gasteiger partial charge in [0.1, 0.15) is 11.3 Å².